The fourth-order valence-electron chi connectivity index (χ4n) is 2.71. The summed E-state index contributed by atoms with van der Waals surface area (Å²) in [6.45, 7) is 2.40. The van der Waals surface area contributed by atoms with Crippen molar-refractivity contribution >= 4 is 21.6 Å². The van der Waals surface area contributed by atoms with Crippen LogP contribution in [0.5, 0.6) is 0 Å². The van der Waals surface area contributed by atoms with Crippen LogP contribution in [0.2, 0.25) is 0 Å². The zero-order valence-electron chi connectivity index (χ0n) is 11.3. The molecule has 0 spiro atoms. The quantitative estimate of drug-likeness (QED) is 0.756. The molecule has 0 bridgehead atoms. The molecule has 20 heavy (non-hydrogen) atoms. The number of amides is 1. The van der Waals surface area contributed by atoms with Crippen LogP contribution >= 0.6 is 0 Å². The van der Waals surface area contributed by atoms with Gasteiger partial charge in [0.05, 0.1) is 10.3 Å². The summed E-state index contributed by atoms with van der Waals surface area (Å²) in [6.07, 6.45) is 1.56. The Morgan fingerprint density at radius 3 is 2.30 bits per heavy atom. The lowest BCUT2D eigenvalue weighted by molar-refractivity contribution is -0.132. The molecule has 110 valence electrons. The number of hydrogen-bond donors (Lipinski definition) is 3. The molecule has 0 atom stereocenters. The fraction of sp³-hybridized carbons (Fsp3) is 0.462. The Morgan fingerprint density at radius 2 is 1.90 bits per heavy atom. The number of carbonyl (C=O) groups excluding carboxylic acids is 1. The standard InChI is InChI=1S/C13H19N3O3S/c1-9-6-13(7-9,8-14)12(17)16-10-2-4-11(5-3-10)20(15,18)19/h2-5,9H,6-8,14H2,1H3,(H,16,17)(H2,15,18,19). The SMILES string of the molecule is CC1CC(CN)(C(=O)Nc2ccc(S(N)(=O)=O)cc2)C1. The summed E-state index contributed by atoms with van der Waals surface area (Å²) in [7, 11) is -3.71. The third-order valence-electron chi connectivity index (χ3n) is 3.79. The number of sulfonamides is 1. The van der Waals surface area contributed by atoms with Gasteiger partial charge < -0.3 is 11.1 Å². The van der Waals surface area contributed by atoms with E-state index in [0.717, 1.165) is 12.8 Å². The van der Waals surface area contributed by atoms with Gasteiger partial charge in [0.25, 0.3) is 0 Å². The first kappa shape index (κ1) is 15.0. The number of rotatable bonds is 4. The number of hydrogen-bond acceptors (Lipinski definition) is 4. The van der Waals surface area contributed by atoms with Gasteiger partial charge in [-0.1, -0.05) is 6.92 Å². The van der Waals surface area contributed by atoms with Gasteiger partial charge in [-0.25, -0.2) is 13.6 Å². The van der Waals surface area contributed by atoms with E-state index in [1.54, 1.807) is 0 Å². The fourth-order valence-corrected chi connectivity index (χ4v) is 3.23. The molecule has 0 heterocycles. The second-order valence-electron chi connectivity index (χ2n) is 5.52. The van der Waals surface area contributed by atoms with Crippen molar-refractivity contribution in [3.8, 4) is 0 Å². The summed E-state index contributed by atoms with van der Waals surface area (Å²) >= 11 is 0. The molecule has 2 rings (SSSR count). The third-order valence-corrected chi connectivity index (χ3v) is 4.72. The molecule has 1 amide bonds. The van der Waals surface area contributed by atoms with Crippen LogP contribution in [0.4, 0.5) is 5.69 Å². The number of benzene rings is 1. The summed E-state index contributed by atoms with van der Waals surface area (Å²) in [6, 6.07) is 5.76. The van der Waals surface area contributed by atoms with Gasteiger partial charge in [-0.05, 0) is 43.0 Å². The number of anilines is 1. The minimum absolute atomic E-state index is 0.0151. The summed E-state index contributed by atoms with van der Waals surface area (Å²) in [5.41, 5.74) is 5.76. The first-order valence-corrected chi connectivity index (χ1v) is 7.96. The highest BCUT2D eigenvalue weighted by Crippen LogP contribution is 2.45. The van der Waals surface area contributed by atoms with E-state index >= 15 is 0 Å². The molecule has 1 aliphatic carbocycles. The molecule has 0 unspecified atom stereocenters. The van der Waals surface area contributed by atoms with E-state index in [2.05, 4.69) is 12.2 Å². The van der Waals surface area contributed by atoms with Gasteiger partial charge in [0.15, 0.2) is 0 Å². The van der Waals surface area contributed by atoms with Gasteiger partial charge in [0.2, 0.25) is 15.9 Å². The molecule has 1 aromatic rings. The molecule has 0 aliphatic heterocycles. The average molecular weight is 297 g/mol. The monoisotopic (exact) mass is 297 g/mol. The minimum atomic E-state index is -3.71. The van der Waals surface area contributed by atoms with Crippen LogP contribution in [0, 0.1) is 11.3 Å². The lowest BCUT2D eigenvalue weighted by atomic mass is 9.62. The van der Waals surface area contributed by atoms with Crippen molar-refractivity contribution in [3.63, 3.8) is 0 Å². The van der Waals surface area contributed by atoms with Crippen molar-refractivity contribution in [1.29, 1.82) is 0 Å². The maximum atomic E-state index is 12.2. The van der Waals surface area contributed by atoms with Gasteiger partial charge >= 0.3 is 0 Å². The highest BCUT2D eigenvalue weighted by atomic mass is 32.2. The summed E-state index contributed by atoms with van der Waals surface area (Å²) in [5.74, 6) is 0.399. The maximum absolute atomic E-state index is 12.2. The van der Waals surface area contributed by atoms with Crippen LogP contribution < -0.4 is 16.2 Å². The number of carbonyl (C=O) groups is 1. The predicted molar refractivity (Wildman–Crippen MR) is 76.3 cm³/mol. The zero-order valence-corrected chi connectivity index (χ0v) is 12.1. The van der Waals surface area contributed by atoms with Crippen molar-refractivity contribution in [2.75, 3.05) is 11.9 Å². The summed E-state index contributed by atoms with van der Waals surface area (Å²) < 4.78 is 22.3. The first-order chi connectivity index (χ1) is 9.27. The zero-order chi connectivity index (χ0) is 15.0. The van der Waals surface area contributed by atoms with Crippen LogP contribution in [0.3, 0.4) is 0 Å². The Kier molecular flexibility index (Phi) is 3.86. The molecular weight excluding hydrogens is 278 g/mol. The molecule has 1 aliphatic rings. The third kappa shape index (κ3) is 2.84. The van der Waals surface area contributed by atoms with Gasteiger partial charge in [0.1, 0.15) is 0 Å². The molecule has 1 aromatic carbocycles. The molecule has 0 saturated heterocycles. The Morgan fingerprint density at radius 1 is 1.35 bits per heavy atom. The van der Waals surface area contributed by atoms with E-state index in [1.165, 1.54) is 24.3 Å². The smallest absolute Gasteiger partial charge is 0.238 e. The second kappa shape index (κ2) is 5.16. The Hall–Kier alpha value is -1.44. The largest absolute Gasteiger partial charge is 0.329 e. The molecular formula is C13H19N3O3S. The molecule has 5 N–H and O–H groups in total. The second-order valence-corrected chi connectivity index (χ2v) is 7.08. The van der Waals surface area contributed by atoms with E-state index in [1.807, 2.05) is 0 Å². The molecule has 1 fully saturated rings. The predicted octanol–water partition coefficient (Wildman–Crippen LogP) is 0.647. The van der Waals surface area contributed by atoms with Crippen LogP contribution in [0.1, 0.15) is 19.8 Å². The van der Waals surface area contributed by atoms with Gasteiger partial charge in [0, 0.05) is 12.2 Å². The molecule has 0 aromatic heterocycles. The molecule has 7 heteroatoms. The first-order valence-electron chi connectivity index (χ1n) is 6.41. The highest BCUT2D eigenvalue weighted by molar-refractivity contribution is 7.89. The van der Waals surface area contributed by atoms with E-state index in [-0.39, 0.29) is 10.8 Å². The average Bonchev–Trinajstić information content (AvgIpc) is 2.34. The Labute approximate surface area is 118 Å². The summed E-state index contributed by atoms with van der Waals surface area (Å²) in [5, 5.41) is 7.79. The van der Waals surface area contributed by atoms with Crippen LogP contribution in [0.15, 0.2) is 29.2 Å². The molecule has 1 saturated carbocycles. The van der Waals surface area contributed by atoms with Gasteiger partial charge in [-0.2, -0.15) is 0 Å². The van der Waals surface area contributed by atoms with Crippen molar-refractivity contribution in [2.24, 2.45) is 22.2 Å². The number of nitrogens with two attached hydrogens (primary N) is 2. The van der Waals surface area contributed by atoms with Crippen LogP contribution in [0.25, 0.3) is 0 Å². The maximum Gasteiger partial charge on any atom is 0.238 e. The highest BCUT2D eigenvalue weighted by Gasteiger charge is 2.47. The Balaban J connectivity index is 2.09. The number of primary sulfonamides is 1. The van der Waals surface area contributed by atoms with E-state index in [0.29, 0.717) is 18.2 Å². The van der Waals surface area contributed by atoms with Crippen LogP contribution in [-0.4, -0.2) is 20.9 Å². The van der Waals surface area contributed by atoms with Crippen LogP contribution in [-0.2, 0) is 14.8 Å². The Bertz CT molecular complexity index is 604. The van der Waals surface area contributed by atoms with E-state index < -0.39 is 15.4 Å². The molecule has 6 nitrogen and oxygen atoms in total. The van der Waals surface area contributed by atoms with E-state index in [9.17, 15) is 13.2 Å². The van der Waals surface area contributed by atoms with Gasteiger partial charge in [-0.3, -0.25) is 4.79 Å². The van der Waals surface area contributed by atoms with Crippen molar-refractivity contribution in [2.45, 2.75) is 24.7 Å². The minimum Gasteiger partial charge on any atom is -0.329 e. The van der Waals surface area contributed by atoms with E-state index in [4.69, 9.17) is 10.9 Å². The lowest BCUT2D eigenvalue weighted by Gasteiger charge is -2.44. The van der Waals surface area contributed by atoms with Crippen molar-refractivity contribution in [1.82, 2.24) is 0 Å². The van der Waals surface area contributed by atoms with Gasteiger partial charge in [-0.15, -0.1) is 0 Å². The lowest BCUT2D eigenvalue weighted by Crippen LogP contribution is -2.51. The van der Waals surface area contributed by atoms with Crippen molar-refractivity contribution in [3.05, 3.63) is 24.3 Å². The number of nitrogens with one attached hydrogen (secondary N) is 1. The van der Waals surface area contributed by atoms with Crippen molar-refractivity contribution < 1.29 is 13.2 Å². The topological polar surface area (TPSA) is 115 Å². The molecule has 0 radical (unpaired) electrons. The normalized spacial score (nSPS) is 25.9. The summed E-state index contributed by atoms with van der Waals surface area (Å²) in [4.78, 5) is 12.3.